The second kappa shape index (κ2) is 5.48. The number of allylic oxidation sites excluding steroid dienone is 3. The first kappa shape index (κ1) is 6.48. The van der Waals surface area contributed by atoms with Crippen molar-refractivity contribution in [1.82, 2.24) is 0 Å². The summed E-state index contributed by atoms with van der Waals surface area (Å²) in [6.07, 6.45) is 9.01. The van der Waals surface area contributed by atoms with Crippen LogP contribution in [0.25, 0.3) is 0 Å². The minimum atomic E-state index is 1.07. The molecule has 0 atom stereocenters. The van der Waals surface area contributed by atoms with Gasteiger partial charge in [0.1, 0.15) is 0 Å². The van der Waals surface area contributed by atoms with Gasteiger partial charge in [-0.1, -0.05) is 18.2 Å². The van der Waals surface area contributed by atoms with Gasteiger partial charge >= 0.3 is 0 Å². The Bertz CT molecular complexity index is 60.4. The Labute approximate surface area is 45.5 Å². The van der Waals surface area contributed by atoms with Crippen LogP contribution < -0.4 is 0 Å². The molecule has 0 aromatic heterocycles. The van der Waals surface area contributed by atoms with E-state index >= 15 is 0 Å². The molecule has 0 heterocycles. The fourth-order valence-electron chi connectivity index (χ4n) is 0.346. The fourth-order valence-corrected chi connectivity index (χ4v) is 0.346. The van der Waals surface area contributed by atoms with Gasteiger partial charge in [-0.2, -0.15) is 0 Å². The van der Waals surface area contributed by atoms with Crippen molar-refractivity contribution in [3.8, 4) is 0 Å². The van der Waals surface area contributed by atoms with E-state index < -0.39 is 0 Å². The summed E-state index contributed by atoms with van der Waals surface area (Å²) >= 11 is 0. The Morgan fingerprint density at radius 1 is 1.57 bits per heavy atom. The van der Waals surface area contributed by atoms with Crippen molar-refractivity contribution in [1.29, 1.82) is 0 Å². The fraction of sp³-hybridized carbons (Fsp3) is 0.429. The first-order valence-electron chi connectivity index (χ1n) is 2.51. The molecule has 0 aliphatic carbocycles. The Morgan fingerprint density at radius 2 is 2.29 bits per heavy atom. The molecule has 0 saturated heterocycles. The Hall–Kier alpha value is -0.520. The summed E-state index contributed by atoms with van der Waals surface area (Å²) in [7, 11) is 0. The first-order valence-corrected chi connectivity index (χ1v) is 2.51. The highest BCUT2D eigenvalue weighted by Gasteiger charge is 1.68. The molecule has 0 saturated carbocycles. The summed E-state index contributed by atoms with van der Waals surface area (Å²) in [4.78, 5) is 0. The lowest BCUT2D eigenvalue weighted by molar-refractivity contribution is 1.05. The van der Waals surface area contributed by atoms with Crippen molar-refractivity contribution >= 4 is 0 Å². The molecule has 0 nitrogen and oxygen atoms in total. The van der Waals surface area contributed by atoms with Crippen LogP contribution in [0.5, 0.6) is 0 Å². The number of hydrogen-bond donors (Lipinski definition) is 0. The van der Waals surface area contributed by atoms with E-state index in [0.717, 1.165) is 12.8 Å². The van der Waals surface area contributed by atoms with Crippen molar-refractivity contribution in [3.05, 3.63) is 24.8 Å². The van der Waals surface area contributed by atoms with Crippen LogP contribution in [0.2, 0.25) is 0 Å². The molecule has 0 bridgehead atoms. The van der Waals surface area contributed by atoms with E-state index in [-0.39, 0.29) is 0 Å². The van der Waals surface area contributed by atoms with Gasteiger partial charge in [0.15, 0.2) is 0 Å². The number of rotatable bonds is 3. The summed E-state index contributed by atoms with van der Waals surface area (Å²) in [6, 6.07) is 0. The Kier molecular flexibility index (Phi) is 5.07. The van der Waals surface area contributed by atoms with Gasteiger partial charge in [0.25, 0.3) is 0 Å². The SMILES string of the molecule is C=CCCC=[C]C. The van der Waals surface area contributed by atoms with Gasteiger partial charge in [-0.25, -0.2) is 0 Å². The minimum Gasteiger partial charge on any atom is -0.103 e. The largest absolute Gasteiger partial charge is 0.103 e. The Morgan fingerprint density at radius 3 is 2.71 bits per heavy atom. The van der Waals surface area contributed by atoms with Crippen molar-refractivity contribution in [2.75, 3.05) is 0 Å². The highest BCUT2D eigenvalue weighted by atomic mass is 13.7. The van der Waals surface area contributed by atoms with E-state index in [1.807, 2.05) is 19.1 Å². The molecule has 0 fully saturated rings. The maximum Gasteiger partial charge on any atom is -0.0310 e. The molecular weight excluding hydrogens is 84.1 g/mol. The average molecular weight is 95.2 g/mol. The van der Waals surface area contributed by atoms with Crippen LogP contribution in [0.4, 0.5) is 0 Å². The van der Waals surface area contributed by atoms with E-state index in [1.165, 1.54) is 0 Å². The second-order valence-electron chi connectivity index (χ2n) is 1.36. The van der Waals surface area contributed by atoms with E-state index in [9.17, 15) is 0 Å². The molecule has 0 aromatic rings. The predicted octanol–water partition coefficient (Wildman–Crippen LogP) is 2.33. The highest BCUT2D eigenvalue weighted by molar-refractivity contribution is 4.76. The molecule has 0 unspecified atom stereocenters. The summed E-state index contributed by atoms with van der Waals surface area (Å²) in [5, 5.41) is 0. The number of hydrogen-bond acceptors (Lipinski definition) is 0. The lowest BCUT2D eigenvalue weighted by Gasteiger charge is -1.78. The topological polar surface area (TPSA) is 0 Å². The van der Waals surface area contributed by atoms with Gasteiger partial charge < -0.3 is 0 Å². The molecule has 0 aromatic carbocycles. The van der Waals surface area contributed by atoms with Gasteiger partial charge in [-0.3, -0.25) is 0 Å². The van der Waals surface area contributed by atoms with Crippen molar-refractivity contribution in [2.45, 2.75) is 19.8 Å². The van der Waals surface area contributed by atoms with Gasteiger partial charge in [0.2, 0.25) is 0 Å². The van der Waals surface area contributed by atoms with Crippen molar-refractivity contribution in [3.63, 3.8) is 0 Å². The molecule has 0 amide bonds. The molecule has 1 radical (unpaired) electrons. The van der Waals surface area contributed by atoms with Gasteiger partial charge in [0, 0.05) is 0 Å². The highest BCUT2D eigenvalue weighted by Crippen LogP contribution is 1.88. The van der Waals surface area contributed by atoms with E-state index in [0.29, 0.717) is 0 Å². The lowest BCUT2D eigenvalue weighted by Crippen LogP contribution is -1.59. The lowest BCUT2D eigenvalue weighted by atomic mass is 10.3. The molecule has 7 heavy (non-hydrogen) atoms. The van der Waals surface area contributed by atoms with E-state index in [1.54, 1.807) is 0 Å². The molecule has 0 spiro atoms. The maximum atomic E-state index is 3.58. The molecule has 0 aliphatic heterocycles. The van der Waals surface area contributed by atoms with Crippen LogP contribution in [0, 0.1) is 6.08 Å². The van der Waals surface area contributed by atoms with Crippen LogP contribution in [-0.2, 0) is 0 Å². The zero-order chi connectivity index (χ0) is 5.54. The summed E-state index contributed by atoms with van der Waals surface area (Å²) in [5.41, 5.74) is 0. The van der Waals surface area contributed by atoms with Crippen molar-refractivity contribution in [2.24, 2.45) is 0 Å². The molecular formula is C7H11. The molecule has 0 heteroatoms. The normalized spacial score (nSPS) is 9.86. The first-order chi connectivity index (χ1) is 3.41. The van der Waals surface area contributed by atoms with Gasteiger partial charge in [-0.15, -0.1) is 6.58 Å². The molecule has 0 N–H and O–H groups in total. The maximum absolute atomic E-state index is 3.58. The summed E-state index contributed by atoms with van der Waals surface area (Å²) < 4.78 is 0. The number of unbranched alkanes of at least 4 members (excludes halogenated alkanes) is 1. The third kappa shape index (κ3) is 5.48. The molecule has 0 aliphatic rings. The van der Waals surface area contributed by atoms with Crippen LogP contribution in [0.3, 0.4) is 0 Å². The quantitative estimate of drug-likeness (QED) is 0.373. The van der Waals surface area contributed by atoms with Gasteiger partial charge in [0.05, 0.1) is 0 Å². The van der Waals surface area contributed by atoms with Crippen molar-refractivity contribution < 1.29 is 0 Å². The third-order valence-electron chi connectivity index (χ3n) is 0.719. The standard InChI is InChI=1S/C7H11/c1-3-5-7-6-4-2/h3,6H,1,5,7H2,2H3. The summed E-state index contributed by atoms with van der Waals surface area (Å²) in [5.74, 6) is 0. The van der Waals surface area contributed by atoms with Crippen LogP contribution in [0.15, 0.2) is 18.7 Å². The zero-order valence-electron chi connectivity index (χ0n) is 4.78. The van der Waals surface area contributed by atoms with E-state index in [2.05, 4.69) is 12.7 Å². The van der Waals surface area contributed by atoms with Crippen LogP contribution in [-0.4, -0.2) is 0 Å². The minimum absolute atomic E-state index is 1.07. The smallest absolute Gasteiger partial charge is 0.0310 e. The molecule has 39 valence electrons. The van der Waals surface area contributed by atoms with Gasteiger partial charge in [-0.05, 0) is 19.8 Å². The van der Waals surface area contributed by atoms with E-state index in [4.69, 9.17) is 0 Å². The van der Waals surface area contributed by atoms with Crippen LogP contribution in [0.1, 0.15) is 19.8 Å². The summed E-state index contributed by atoms with van der Waals surface area (Å²) in [6.45, 7) is 5.49. The monoisotopic (exact) mass is 95.1 g/mol. The Balaban J connectivity index is 2.82. The second-order valence-corrected chi connectivity index (χ2v) is 1.36. The van der Waals surface area contributed by atoms with Crippen LogP contribution >= 0.6 is 0 Å². The zero-order valence-corrected chi connectivity index (χ0v) is 4.78. The predicted molar refractivity (Wildman–Crippen MR) is 32.9 cm³/mol. The average Bonchev–Trinajstić information content (AvgIpc) is 1.69. The molecule has 0 rings (SSSR count). The third-order valence-corrected chi connectivity index (χ3v) is 0.719.